The number of unbranched alkanes of at least 4 members (excludes halogenated alkanes) is 1. The van der Waals surface area contributed by atoms with Crippen LogP contribution in [-0.2, 0) is 17.9 Å². The first-order valence-electron chi connectivity index (χ1n) is 20.8. The van der Waals surface area contributed by atoms with E-state index in [0.717, 1.165) is 59.1 Å². The van der Waals surface area contributed by atoms with Gasteiger partial charge < -0.3 is 19.9 Å². The van der Waals surface area contributed by atoms with E-state index in [2.05, 4.69) is 40.6 Å². The smallest absolute Gasteiger partial charge is 0.258 e. The van der Waals surface area contributed by atoms with Crippen molar-refractivity contribution in [2.24, 2.45) is 4.99 Å². The number of carbonyl (C=O) groups excluding carboxylic acids is 2. The Morgan fingerprint density at radius 1 is 0.900 bits per heavy atom. The van der Waals surface area contributed by atoms with Crippen molar-refractivity contribution >= 4 is 46.5 Å². The normalized spacial score (nSPS) is 16.6. The van der Waals surface area contributed by atoms with E-state index < -0.39 is 6.10 Å². The molecular weight excluding hydrogens is 798 g/mol. The molecule has 0 spiro atoms. The van der Waals surface area contributed by atoms with Gasteiger partial charge in [-0.2, -0.15) is 0 Å². The minimum atomic E-state index is -0.838. The van der Waals surface area contributed by atoms with E-state index in [-0.39, 0.29) is 36.0 Å². The van der Waals surface area contributed by atoms with Crippen LogP contribution >= 0.6 is 23.2 Å². The number of aliphatic imine (C=N–C) groups is 1. The fourth-order valence-electron chi connectivity index (χ4n) is 8.53. The van der Waals surface area contributed by atoms with E-state index in [1.807, 2.05) is 72.8 Å². The molecule has 1 fully saturated rings. The number of benzene rings is 4. The van der Waals surface area contributed by atoms with Crippen molar-refractivity contribution in [3.63, 3.8) is 0 Å². The number of amides is 2. The number of likely N-dealkylation sites (N-methyl/N-ethyl adjacent to an activating group) is 1. The van der Waals surface area contributed by atoms with Crippen LogP contribution in [0, 0.1) is 5.82 Å². The summed E-state index contributed by atoms with van der Waals surface area (Å²) in [5, 5.41) is 15.6. The lowest BCUT2D eigenvalue weighted by atomic mass is 9.94. The van der Waals surface area contributed by atoms with Crippen molar-refractivity contribution in [2.45, 2.75) is 70.7 Å². The number of aliphatic hydroxyl groups excluding tert-OH is 1. The van der Waals surface area contributed by atoms with Gasteiger partial charge in [-0.1, -0.05) is 91.6 Å². The highest BCUT2D eigenvalue weighted by atomic mass is 35.5. The lowest BCUT2D eigenvalue weighted by Crippen LogP contribution is -2.58. The zero-order valence-corrected chi connectivity index (χ0v) is 36.0. The monoisotopic (exact) mass is 850 g/mol. The maximum Gasteiger partial charge on any atom is 0.258 e. The number of piperazine rings is 1. The summed E-state index contributed by atoms with van der Waals surface area (Å²) in [5.74, 6) is 0.00458. The average molecular weight is 852 g/mol. The van der Waals surface area contributed by atoms with Gasteiger partial charge in [-0.15, -0.1) is 0 Å². The molecule has 4 aromatic carbocycles. The van der Waals surface area contributed by atoms with Gasteiger partial charge in [0.15, 0.2) is 0 Å². The second-order valence-electron chi connectivity index (χ2n) is 16.1. The summed E-state index contributed by atoms with van der Waals surface area (Å²) in [6.45, 7) is 8.71. The third-order valence-corrected chi connectivity index (χ3v) is 12.0. The number of anilines is 1. The van der Waals surface area contributed by atoms with Gasteiger partial charge in [0, 0.05) is 66.3 Å². The fourth-order valence-corrected chi connectivity index (χ4v) is 9.00. The van der Waals surface area contributed by atoms with Gasteiger partial charge in [0.25, 0.3) is 5.91 Å². The van der Waals surface area contributed by atoms with E-state index in [0.29, 0.717) is 66.7 Å². The summed E-state index contributed by atoms with van der Waals surface area (Å²) in [7, 11) is 2.08. The highest BCUT2D eigenvalue weighted by Gasteiger charge is 2.37. The van der Waals surface area contributed by atoms with Crippen LogP contribution in [0.3, 0.4) is 0 Å². The highest BCUT2D eigenvalue weighted by molar-refractivity contribution is 6.35. The summed E-state index contributed by atoms with van der Waals surface area (Å²) in [5.41, 5.74) is 6.40. The van der Waals surface area contributed by atoms with Crippen LogP contribution in [0.4, 0.5) is 10.1 Å². The quantitative estimate of drug-likeness (QED) is 0.102. The Labute approximate surface area is 362 Å². The number of amidine groups is 1. The summed E-state index contributed by atoms with van der Waals surface area (Å²) in [6, 6.07) is 31.1. The van der Waals surface area contributed by atoms with Gasteiger partial charge in [0.05, 0.1) is 36.4 Å². The molecule has 0 radical (unpaired) electrons. The number of para-hydroxylation sites is 1. The Bertz CT molecular complexity index is 2300. The molecule has 2 aliphatic rings. The van der Waals surface area contributed by atoms with Gasteiger partial charge >= 0.3 is 0 Å². The number of hydrogen-bond acceptors (Lipinski definition) is 6. The molecule has 2 N–H and O–H groups in total. The molecule has 60 heavy (non-hydrogen) atoms. The summed E-state index contributed by atoms with van der Waals surface area (Å²) in [4.78, 5) is 39.4. The van der Waals surface area contributed by atoms with Crippen LogP contribution in [0.5, 0.6) is 0 Å². The summed E-state index contributed by atoms with van der Waals surface area (Å²) < 4.78 is 16.5. The van der Waals surface area contributed by atoms with Gasteiger partial charge in [-0.25, -0.2) is 4.39 Å². The number of nitrogens with one attached hydrogen (secondary N) is 1. The van der Waals surface area contributed by atoms with Crippen LogP contribution < -0.4 is 5.32 Å². The first-order valence-corrected chi connectivity index (χ1v) is 21.6. The van der Waals surface area contributed by atoms with Crippen molar-refractivity contribution in [3.05, 3.63) is 136 Å². The first kappa shape index (κ1) is 43.3. The molecule has 12 heteroatoms. The molecule has 0 bridgehead atoms. The van der Waals surface area contributed by atoms with Crippen molar-refractivity contribution in [1.82, 2.24) is 19.3 Å². The van der Waals surface area contributed by atoms with Crippen LogP contribution in [0.1, 0.15) is 67.1 Å². The second-order valence-corrected chi connectivity index (χ2v) is 17.0. The molecule has 1 saturated heterocycles. The maximum atomic E-state index is 14.4. The fraction of sp³-hybridized carbons (Fsp3) is 0.354. The molecule has 314 valence electrons. The molecular formula is C48H53Cl2FN6O3. The maximum absolute atomic E-state index is 14.4. The predicted molar refractivity (Wildman–Crippen MR) is 240 cm³/mol. The summed E-state index contributed by atoms with van der Waals surface area (Å²) >= 11 is 12.7. The SMILES string of the molecule is CC(C)c1c(C(=O)Nc2ccccc2)c(-c2ccccc2)c(-c2ccc(F)cc2)n1CCCCC(O)CC(=O)N1CCN=C1C1CN(C)CCN1Cc1ccc(Cl)cc1Cl. The lowest BCUT2D eigenvalue weighted by Gasteiger charge is -2.41. The van der Waals surface area contributed by atoms with Crippen LogP contribution in [0.15, 0.2) is 108 Å². The number of halogens is 3. The summed E-state index contributed by atoms with van der Waals surface area (Å²) in [6.07, 6.45) is 0.901. The van der Waals surface area contributed by atoms with Crippen LogP contribution in [-0.4, -0.2) is 93.9 Å². The largest absolute Gasteiger partial charge is 0.393 e. The number of nitrogens with zero attached hydrogens (tertiary/aromatic N) is 5. The third kappa shape index (κ3) is 10.0. The van der Waals surface area contributed by atoms with Gasteiger partial charge in [-0.05, 0) is 97.4 Å². The predicted octanol–water partition coefficient (Wildman–Crippen LogP) is 9.62. The molecule has 5 aromatic rings. The number of aromatic nitrogens is 1. The minimum absolute atomic E-state index is 0.00581. The first-order chi connectivity index (χ1) is 29.0. The van der Waals surface area contributed by atoms with E-state index in [9.17, 15) is 19.1 Å². The number of rotatable bonds is 15. The number of aliphatic hydroxyl groups is 1. The van der Waals surface area contributed by atoms with E-state index >= 15 is 0 Å². The molecule has 7 rings (SSSR count). The second kappa shape index (κ2) is 19.7. The average Bonchev–Trinajstić information content (AvgIpc) is 3.86. The molecule has 1 aromatic heterocycles. The molecule has 3 heterocycles. The van der Waals surface area contributed by atoms with Crippen LogP contribution in [0.25, 0.3) is 22.4 Å². The zero-order chi connectivity index (χ0) is 42.3. The lowest BCUT2D eigenvalue weighted by molar-refractivity contribution is -0.129. The number of carbonyl (C=O) groups is 2. The van der Waals surface area contributed by atoms with Gasteiger partial charge in [0.1, 0.15) is 11.7 Å². The number of hydrogen-bond donors (Lipinski definition) is 2. The van der Waals surface area contributed by atoms with Crippen molar-refractivity contribution in [2.75, 3.05) is 45.1 Å². The molecule has 0 aliphatic carbocycles. The van der Waals surface area contributed by atoms with E-state index in [1.54, 1.807) is 23.1 Å². The topological polar surface area (TPSA) is 93.4 Å². The molecule has 2 aliphatic heterocycles. The Balaban J connectivity index is 1.08. The molecule has 9 nitrogen and oxygen atoms in total. The van der Waals surface area contributed by atoms with Gasteiger partial charge in [-0.3, -0.25) is 24.4 Å². The molecule has 2 atom stereocenters. The van der Waals surface area contributed by atoms with Crippen molar-refractivity contribution < 1.29 is 19.1 Å². The molecule has 2 amide bonds. The minimum Gasteiger partial charge on any atom is -0.393 e. The Hall–Kier alpha value is -4.84. The standard InChI is InChI=1S/C48H53Cl2FN6O3/c1-32(2)45-44(48(60)53-38-14-8-5-9-15-38)43(33-12-6-4-7-13-33)46(34-18-21-37(51)22-19-34)57(45)24-11-10-16-39(58)29-42(59)56-25-23-52-47(56)41-31-54(3)26-27-55(41)30-35-17-20-36(49)28-40(35)50/h4-9,12-15,17-22,28,32,39,41,58H,10-11,16,23-27,29-31H2,1-3H3,(H,53,60). The van der Waals surface area contributed by atoms with E-state index in [4.69, 9.17) is 28.2 Å². The Morgan fingerprint density at radius 3 is 2.32 bits per heavy atom. The molecule has 0 saturated carbocycles. The third-order valence-electron chi connectivity index (χ3n) is 11.4. The van der Waals surface area contributed by atoms with Crippen molar-refractivity contribution in [3.8, 4) is 22.4 Å². The highest BCUT2D eigenvalue weighted by Crippen LogP contribution is 2.43. The zero-order valence-electron chi connectivity index (χ0n) is 34.5. The van der Waals surface area contributed by atoms with Crippen LogP contribution in [0.2, 0.25) is 10.0 Å². The molecule has 2 unspecified atom stereocenters. The Morgan fingerprint density at radius 2 is 1.62 bits per heavy atom. The Kier molecular flexibility index (Phi) is 14.2. The van der Waals surface area contributed by atoms with E-state index in [1.165, 1.54) is 12.1 Å². The van der Waals surface area contributed by atoms with Crippen molar-refractivity contribution in [1.29, 1.82) is 0 Å². The van der Waals surface area contributed by atoms with Gasteiger partial charge in [0.2, 0.25) is 5.91 Å².